The highest BCUT2D eigenvalue weighted by Crippen LogP contribution is 2.24. The molecular weight excluding hydrogens is 116 g/mol. The van der Waals surface area contributed by atoms with Crippen LogP contribution in [0.4, 0.5) is 0 Å². The Morgan fingerprint density at radius 1 is 1.67 bits per heavy atom. The van der Waals surface area contributed by atoms with Gasteiger partial charge in [-0.05, 0) is 13.0 Å². The first-order valence-corrected chi connectivity index (χ1v) is 3.33. The molecule has 2 rings (SSSR count). The number of fused-ring (bicyclic) bond motifs is 2. The summed E-state index contributed by atoms with van der Waals surface area (Å²) in [5, 5.41) is 11.7. The molecule has 2 heterocycles. The molecule has 2 aliphatic heterocycles. The molecule has 9 heavy (non-hydrogen) atoms. The molecule has 3 nitrogen and oxygen atoms in total. The predicted octanol–water partition coefficient (Wildman–Crippen LogP) is 0.152. The Bertz CT molecular complexity index is 155. The van der Waals surface area contributed by atoms with Crippen molar-refractivity contribution in [2.75, 3.05) is 19.6 Å². The molecule has 0 aromatic rings. The van der Waals surface area contributed by atoms with Crippen molar-refractivity contribution in [1.82, 2.24) is 4.90 Å². The summed E-state index contributed by atoms with van der Waals surface area (Å²) in [6.45, 7) is 3.23. The van der Waals surface area contributed by atoms with Gasteiger partial charge in [0.2, 0.25) is 0 Å². The molecule has 0 aromatic heterocycles. The van der Waals surface area contributed by atoms with Gasteiger partial charge < -0.3 is 5.21 Å². The molecular formula is C6H10N2O. The van der Waals surface area contributed by atoms with E-state index >= 15 is 0 Å². The van der Waals surface area contributed by atoms with Crippen LogP contribution in [0.5, 0.6) is 0 Å². The topological polar surface area (TPSA) is 35.8 Å². The molecule has 2 aliphatic rings. The first-order chi connectivity index (χ1) is 4.40. The third kappa shape index (κ3) is 0.645. The molecule has 0 amide bonds. The van der Waals surface area contributed by atoms with Gasteiger partial charge in [-0.1, -0.05) is 5.16 Å². The minimum absolute atomic E-state index is 0.579. The molecule has 2 saturated heterocycles. The van der Waals surface area contributed by atoms with Gasteiger partial charge in [-0.25, -0.2) is 0 Å². The Kier molecular flexibility index (Phi) is 0.990. The average Bonchev–Trinajstić information content (AvgIpc) is 2.45. The quantitative estimate of drug-likeness (QED) is 0.370. The Hall–Kier alpha value is -0.570. The van der Waals surface area contributed by atoms with E-state index in [4.69, 9.17) is 5.21 Å². The highest BCUT2D eigenvalue weighted by molar-refractivity contribution is 5.90. The van der Waals surface area contributed by atoms with E-state index in [1.165, 1.54) is 13.0 Å². The molecule has 1 N–H and O–H groups in total. The molecule has 2 bridgehead atoms. The summed E-state index contributed by atoms with van der Waals surface area (Å²) < 4.78 is 0. The summed E-state index contributed by atoms with van der Waals surface area (Å²) in [7, 11) is 0. The lowest BCUT2D eigenvalue weighted by Crippen LogP contribution is -2.23. The van der Waals surface area contributed by atoms with Crippen LogP contribution in [0.25, 0.3) is 0 Å². The van der Waals surface area contributed by atoms with Crippen LogP contribution in [0.1, 0.15) is 6.42 Å². The maximum Gasteiger partial charge on any atom is 0.0754 e. The van der Waals surface area contributed by atoms with Crippen molar-refractivity contribution in [2.24, 2.45) is 11.1 Å². The van der Waals surface area contributed by atoms with Crippen LogP contribution in [0, 0.1) is 5.92 Å². The van der Waals surface area contributed by atoms with Crippen LogP contribution in [0.3, 0.4) is 0 Å². The van der Waals surface area contributed by atoms with Crippen LogP contribution < -0.4 is 0 Å². The van der Waals surface area contributed by atoms with Gasteiger partial charge in [0.25, 0.3) is 0 Å². The fourth-order valence-corrected chi connectivity index (χ4v) is 1.72. The number of oxime groups is 1. The second-order valence-corrected chi connectivity index (χ2v) is 2.81. The van der Waals surface area contributed by atoms with E-state index in [0.29, 0.717) is 5.92 Å². The van der Waals surface area contributed by atoms with Crippen molar-refractivity contribution in [1.29, 1.82) is 0 Å². The number of rotatable bonds is 0. The van der Waals surface area contributed by atoms with Crippen LogP contribution in [0.2, 0.25) is 0 Å². The summed E-state index contributed by atoms with van der Waals surface area (Å²) in [6, 6.07) is 0. The molecule has 0 aromatic carbocycles. The van der Waals surface area contributed by atoms with Crippen molar-refractivity contribution in [2.45, 2.75) is 6.42 Å². The Balaban J connectivity index is 2.18. The Morgan fingerprint density at radius 2 is 2.56 bits per heavy atom. The van der Waals surface area contributed by atoms with Crippen molar-refractivity contribution in [3.05, 3.63) is 0 Å². The van der Waals surface area contributed by atoms with E-state index in [0.717, 1.165) is 18.8 Å². The summed E-state index contributed by atoms with van der Waals surface area (Å²) in [4.78, 5) is 2.32. The van der Waals surface area contributed by atoms with Crippen LogP contribution in [-0.4, -0.2) is 35.5 Å². The molecule has 0 saturated carbocycles. The van der Waals surface area contributed by atoms with E-state index in [1.54, 1.807) is 0 Å². The summed E-state index contributed by atoms with van der Waals surface area (Å²) in [5.74, 6) is 0.579. The molecule has 50 valence electrons. The van der Waals surface area contributed by atoms with E-state index in [1.807, 2.05) is 0 Å². The summed E-state index contributed by atoms with van der Waals surface area (Å²) >= 11 is 0. The predicted molar refractivity (Wildman–Crippen MR) is 33.8 cm³/mol. The van der Waals surface area contributed by atoms with E-state index in [9.17, 15) is 0 Å². The van der Waals surface area contributed by atoms with Crippen molar-refractivity contribution in [3.63, 3.8) is 0 Å². The lowest BCUT2D eigenvalue weighted by molar-refractivity contribution is 0.312. The van der Waals surface area contributed by atoms with Gasteiger partial charge in [0.15, 0.2) is 0 Å². The maximum atomic E-state index is 8.45. The smallest absolute Gasteiger partial charge is 0.0754 e. The van der Waals surface area contributed by atoms with Gasteiger partial charge in [-0.15, -0.1) is 0 Å². The molecule has 2 atom stereocenters. The van der Waals surface area contributed by atoms with Gasteiger partial charge in [-0.2, -0.15) is 0 Å². The Labute approximate surface area is 54.0 Å². The number of hydrogen-bond donors (Lipinski definition) is 1. The lowest BCUT2D eigenvalue weighted by atomic mass is 10.0. The molecule has 0 radical (unpaired) electrons. The number of hydrogen-bond acceptors (Lipinski definition) is 3. The normalized spacial score (nSPS) is 44.7. The minimum atomic E-state index is 0.579. The lowest BCUT2D eigenvalue weighted by Gasteiger charge is -2.10. The van der Waals surface area contributed by atoms with Gasteiger partial charge in [0, 0.05) is 19.0 Å². The average molecular weight is 126 g/mol. The van der Waals surface area contributed by atoms with Gasteiger partial charge >= 0.3 is 0 Å². The third-order valence-electron chi connectivity index (χ3n) is 2.26. The Morgan fingerprint density at radius 3 is 2.89 bits per heavy atom. The van der Waals surface area contributed by atoms with Crippen molar-refractivity contribution in [3.8, 4) is 0 Å². The van der Waals surface area contributed by atoms with Crippen molar-refractivity contribution < 1.29 is 5.21 Å². The molecule has 0 spiro atoms. The fourth-order valence-electron chi connectivity index (χ4n) is 1.72. The molecule has 1 unspecified atom stereocenters. The first-order valence-electron chi connectivity index (χ1n) is 3.33. The summed E-state index contributed by atoms with van der Waals surface area (Å²) in [5.41, 5.74) is 0.987. The van der Waals surface area contributed by atoms with Gasteiger partial charge in [-0.3, -0.25) is 4.90 Å². The zero-order valence-electron chi connectivity index (χ0n) is 5.25. The van der Waals surface area contributed by atoms with E-state index in [2.05, 4.69) is 10.1 Å². The van der Waals surface area contributed by atoms with E-state index in [-0.39, 0.29) is 0 Å². The van der Waals surface area contributed by atoms with Gasteiger partial charge in [0.05, 0.1) is 5.71 Å². The molecule has 0 aliphatic carbocycles. The van der Waals surface area contributed by atoms with Gasteiger partial charge in [0.1, 0.15) is 0 Å². The van der Waals surface area contributed by atoms with Crippen LogP contribution >= 0.6 is 0 Å². The fraction of sp³-hybridized carbons (Fsp3) is 0.833. The van der Waals surface area contributed by atoms with Crippen LogP contribution in [-0.2, 0) is 0 Å². The molecule has 2 fully saturated rings. The zero-order chi connectivity index (χ0) is 6.27. The summed E-state index contributed by atoms with van der Waals surface area (Å²) in [6.07, 6.45) is 1.19. The molecule has 3 heteroatoms. The first kappa shape index (κ1) is 5.23. The zero-order valence-corrected chi connectivity index (χ0v) is 5.25. The largest absolute Gasteiger partial charge is 0.411 e. The SMILES string of the molecule is O/N=C1\C[N@]2CCC1C2. The second kappa shape index (κ2) is 1.70. The second-order valence-electron chi connectivity index (χ2n) is 2.81. The van der Waals surface area contributed by atoms with Crippen molar-refractivity contribution >= 4 is 5.71 Å². The number of nitrogens with zero attached hydrogens (tertiary/aromatic N) is 2. The highest BCUT2D eigenvalue weighted by Gasteiger charge is 2.34. The highest BCUT2D eigenvalue weighted by atomic mass is 16.4. The van der Waals surface area contributed by atoms with E-state index < -0.39 is 0 Å². The number of piperidine rings is 1. The minimum Gasteiger partial charge on any atom is -0.411 e. The maximum absolute atomic E-state index is 8.45. The third-order valence-corrected chi connectivity index (χ3v) is 2.26. The monoisotopic (exact) mass is 126 g/mol. The standard InChI is InChI=1S/C6H10N2O/c9-7-6-4-8-2-1-5(6)3-8/h5,9H,1-4H2/b7-6+. The van der Waals surface area contributed by atoms with Crippen LogP contribution in [0.15, 0.2) is 5.16 Å².